The Labute approximate surface area is 271 Å². The lowest BCUT2D eigenvalue weighted by molar-refractivity contribution is -0.145. The Morgan fingerprint density at radius 2 is 1.85 bits per heavy atom. The van der Waals surface area contributed by atoms with Gasteiger partial charge in [0.15, 0.2) is 5.76 Å². The molecule has 244 valence electrons. The van der Waals surface area contributed by atoms with E-state index in [1.807, 2.05) is 30.5 Å². The predicted molar refractivity (Wildman–Crippen MR) is 170 cm³/mol. The van der Waals surface area contributed by atoms with E-state index in [-0.39, 0.29) is 48.2 Å². The predicted octanol–water partition coefficient (Wildman–Crippen LogP) is 2.96. The van der Waals surface area contributed by atoms with Crippen LogP contribution in [0.5, 0.6) is 5.75 Å². The van der Waals surface area contributed by atoms with Crippen molar-refractivity contribution < 1.29 is 24.0 Å². The third kappa shape index (κ3) is 6.35. The van der Waals surface area contributed by atoms with Crippen LogP contribution < -0.4 is 10.6 Å². The molecule has 0 radical (unpaired) electrons. The van der Waals surface area contributed by atoms with Crippen molar-refractivity contribution in [1.29, 1.82) is 0 Å². The Bertz CT molecular complexity index is 1780. The summed E-state index contributed by atoms with van der Waals surface area (Å²) in [5.74, 6) is -0.425. The summed E-state index contributed by atoms with van der Waals surface area (Å²) < 4.78 is 7.26. The first-order valence-corrected chi connectivity index (χ1v) is 16.1. The zero-order chi connectivity index (χ0) is 32.5. The van der Waals surface area contributed by atoms with Gasteiger partial charge in [0.1, 0.15) is 23.0 Å². The number of aryl methyl sites for hydroxylation is 1. The molecule has 5 heterocycles. The van der Waals surface area contributed by atoms with E-state index in [2.05, 4.69) is 43.1 Å². The van der Waals surface area contributed by atoms with E-state index in [9.17, 15) is 19.5 Å². The van der Waals surface area contributed by atoms with E-state index in [1.54, 1.807) is 34.7 Å². The summed E-state index contributed by atoms with van der Waals surface area (Å²) >= 11 is 0. The topological polar surface area (TPSA) is 159 Å². The van der Waals surface area contributed by atoms with Crippen LogP contribution in [-0.4, -0.2) is 84.0 Å². The fourth-order valence-corrected chi connectivity index (χ4v) is 7.12. The number of hydrogen-bond donors (Lipinski definition) is 3. The lowest BCUT2D eigenvalue weighted by Crippen LogP contribution is -2.60. The molecule has 2 aromatic carbocycles. The summed E-state index contributed by atoms with van der Waals surface area (Å²) in [5, 5.41) is 28.7. The van der Waals surface area contributed by atoms with E-state index in [4.69, 9.17) is 4.52 Å². The number of carbonyl (C=O) groups is 3. The highest BCUT2D eigenvalue weighted by Gasteiger charge is 2.44. The molecule has 3 aliphatic heterocycles. The molecule has 47 heavy (non-hydrogen) atoms. The van der Waals surface area contributed by atoms with Crippen molar-refractivity contribution in [3.05, 3.63) is 83.4 Å². The molecular formula is C34H38N8O5. The number of aromatic hydroxyl groups is 1. The number of fused-ring (bicyclic) bond motifs is 2. The van der Waals surface area contributed by atoms with E-state index in [0.717, 1.165) is 12.1 Å². The van der Waals surface area contributed by atoms with Crippen LogP contribution in [0.15, 0.2) is 65.3 Å². The minimum Gasteiger partial charge on any atom is -0.508 e. The molecule has 13 nitrogen and oxygen atoms in total. The van der Waals surface area contributed by atoms with Gasteiger partial charge in [0.05, 0.1) is 36.4 Å². The van der Waals surface area contributed by atoms with Crippen molar-refractivity contribution in [3.63, 3.8) is 0 Å². The summed E-state index contributed by atoms with van der Waals surface area (Å²) in [6.07, 6.45) is 3.97. The molecule has 13 heteroatoms. The number of nitrogens with one attached hydrogen (secondary N) is 2. The molecule has 0 aliphatic carbocycles. The summed E-state index contributed by atoms with van der Waals surface area (Å²) in [7, 11) is 0. The number of likely N-dealkylation sites (tertiary alicyclic amines) is 1. The van der Waals surface area contributed by atoms with Gasteiger partial charge in [-0.25, -0.2) is 4.68 Å². The SMILES string of the molecule is Cc1noc2c1C(=O)NC1(CCN(Cc3ccccc3)CC1)CC(=O)N1CC[C@@H](n3cc(-c4cccc(O)c4)nn3)C[C@H]1C(=O)NC2. The largest absolute Gasteiger partial charge is 0.508 e. The molecule has 3 aliphatic rings. The molecule has 7 rings (SSSR count). The number of rotatable bonds is 4. The maximum atomic E-state index is 14.2. The maximum Gasteiger partial charge on any atom is 0.257 e. The fraction of sp³-hybridized carbons (Fsp3) is 0.412. The zero-order valence-corrected chi connectivity index (χ0v) is 26.3. The number of aromatic nitrogens is 4. The number of amides is 3. The summed E-state index contributed by atoms with van der Waals surface area (Å²) in [6.45, 7) is 4.22. The maximum absolute atomic E-state index is 14.2. The van der Waals surface area contributed by atoms with Crippen LogP contribution in [-0.2, 0) is 22.7 Å². The molecule has 0 saturated carbocycles. The first-order chi connectivity index (χ1) is 22.8. The second kappa shape index (κ2) is 12.6. The zero-order valence-electron chi connectivity index (χ0n) is 26.3. The number of phenols is 1. The lowest BCUT2D eigenvalue weighted by atomic mass is 9.82. The van der Waals surface area contributed by atoms with Gasteiger partial charge < -0.3 is 25.2 Å². The van der Waals surface area contributed by atoms with Gasteiger partial charge in [0.2, 0.25) is 11.8 Å². The van der Waals surface area contributed by atoms with Crippen LogP contribution in [0.4, 0.5) is 0 Å². The van der Waals surface area contributed by atoms with Crippen LogP contribution in [0.1, 0.15) is 65.5 Å². The number of hydrogen-bond acceptors (Lipinski definition) is 9. The monoisotopic (exact) mass is 638 g/mol. The van der Waals surface area contributed by atoms with Crippen LogP contribution >= 0.6 is 0 Å². The van der Waals surface area contributed by atoms with Gasteiger partial charge in [0.25, 0.3) is 5.91 Å². The smallest absolute Gasteiger partial charge is 0.257 e. The Balaban J connectivity index is 1.14. The van der Waals surface area contributed by atoms with Gasteiger partial charge in [-0.05, 0) is 50.3 Å². The summed E-state index contributed by atoms with van der Waals surface area (Å²) in [4.78, 5) is 45.7. The van der Waals surface area contributed by atoms with Crippen LogP contribution in [0.2, 0.25) is 0 Å². The van der Waals surface area contributed by atoms with Gasteiger partial charge in [0, 0.05) is 31.7 Å². The van der Waals surface area contributed by atoms with E-state index < -0.39 is 11.6 Å². The van der Waals surface area contributed by atoms with Gasteiger partial charge in [-0.1, -0.05) is 52.8 Å². The number of piperidine rings is 2. The highest BCUT2D eigenvalue weighted by Crippen LogP contribution is 2.34. The first kappa shape index (κ1) is 30.6. The normalized spacial score (nSPS) is 22.1. The molecule has 3 N–H and O–H groups in total. The Morgan fingerprint density at radius 3 is 2.64 bits per heavy atom. The van der Waals surface area contributed by atoms with Gasteiger partial charge in [-0.15, -0.1) is 5.10 Å². The molecule has 0 unspecified atom stereocenters. The number of benzene rings is 2. The highest BCUT2D eigenvalue weighted by molar-refractivity contribution is 5.97. The van der Waals surface area contributed by atoms with Crippen molar-refractivity contribution in [1.82, 2.24) is 40.6 Å². The van der Waals surface area contributed by atoms with Crippen molar-refractivity contribution >= 4 is 17.7 Å². The van der Waals surface area contributed by atoms with E-state index in [0.29, 0.717) is 62.3 Å². The minimum absolute atomic E-state index is 0.0333. The second-order valence-corrected chi connectivity index (χ2v) is 12.9. The van der Waals surface area contributed by atoms with Crippen LogP contribution in [0.25, 0.3) is 11.3 Å². The Kier molecular flexibility index (Phi) is 8.22. The quantitative estimate of drug-likeness (QED) is 0.306. The molecule has 2 atom stereocenters. The number of nitrogens with zero attached hydrogens (tertiary/aromatic N) is 6. The van der Waals surface area contributed by atoms with E-state index >= 15 is 0 Å². The van der Waals surface area contributed by atoms with Crippen LogP contribution in [0, 0.1) is 6.92 Å². The summed E-state index contributed by atoms with van der Waals surface area (Å²) in [6, 6.07) is 16.1. The second-order valence-electron chi connectivity index (χ2n) is 12.9. The lowest BCUT2D eigenvalue weighted by Gasteiger charge is -2.45. The first-order valence-electron chi connectivity index (χ1n) is 16.1. The molecule has 2 saturated heterocycles. The van der Waals surface area contributed by atoms with Gasteiger partial charge in [-0.3, -0.25) is 19.3 Å². The van der Waals surface area contributed by atoms with Crippen molar-refractivity contribution in [2.45, 2.75) is 69.7 Å². The average Bonchev–Trinajstić information content (AvgIpc) is 3.72. The molecule has 4 aromatic rings. The number of carbonyl (C=O) groups excluding carboxylic acids is 3. The minimum atomic E-state index is -0.790. The number of phenolic OH excluding ortho intramolecular Hbond substituents is 1. The molecular weight excluding hydrogens is 600 g/mol. The van der Waals surface area contributed by atoms with Gasteiger partial charge in [-0.2, -0.15) is 0 Å². The highest BCUT2D eigenvalue weighted by atomic mass is 16.5. The Hall–Kier alpha value is -5.04. The van der Waals surface area contributed by atoms with Crippen molar-refractivity contribution in [3.8, 4) is 17.0 Å². The molecule has 2 aromatic heterocycles. The fourth-order valence-electron chi connectivity index (χ4n) is 7.12. The molecule has 2 fully saturated rings. The standard InChI is InChI=1S/C34H38N8O5/c1-22-31-29(47-38-22)19-35-32(45)28-17-25(42-21-27(37-39-42)24-8-5-9-26(43)16-24)10-13-41(28)30(44)18-34(36-33(31)46)11-14-40(15-12-34)20-23-6-3-2-4-7-23/h2-9,16,21,25,28,43H,10-15,17-20H2,1H3,(H,35,45)(H,36,46)/t25-,28+/m1/s1. The third-order valence-corrected chi connectivity index (χ3v) is 9.74. The van der Waals surface area contributed by atoms with Gasteiger partial charge >= 0.3 is 0 Å². The average molecular weight is 639 g/mol. The molecule has 0 bridgehead atoms. The van der Waals surface area contributed by atoms with E-state index in [1.165, 1.54) is 5.56 Å². The van der Waals surface area contributed by atoms with Crippen molar-refractivity contribution in [2.24, 2.45) is 0 Å². The van der Waals surface area contributed by atoms with Crippen LogP contribution in [0.3, 0.4) is 0 Å². The van der Waals surface area contributed by atoms with Crippen molar-refractivity contribution in [2.75, 3.05) is 19.6 Å². The molecule has 1 spiro atoms. The molecule has 3 amide bonds. The third-order valence-electron chi connectivity index (χ3n) is 9.74. The summed E-state index contributed by atoms with van der Waals surface area (Å²) in [5.41, 5.74) is 2.48. The Morgan fingerprint density at radius 1 is 1.04 bits per heavy atom.